The number of ether oxygens (including phenoxy) is 1. The van der Waals surface area contributed by atoms with Crippen molar-refractivity contribution in [3.8, 4) is 11.4 Å². The largest absolute Gasteiger partial charge is 0.491 e. The molecule has 138 valence electrons. The van der Waals surface area contributed by atoms with Crippen LogP contribution < -0.4 is 4.74 Å². The summed E-state index contributed by atoms with van der Waals surface area (Å²) >= 11 is 0. The van der Waals surface area contributed by atoms with E-state index in [-0.39, 0.29) is 6.61 Å². The molecule has 0 bridgehead atoms. The Labute approximate surface area is 156 Å². The molecular weight excluding hydrogens is 342 g/mol. The van der Waals surface area contributed by atoms with E-state index in [2.05, 4.69) is 15.2 Å². The lowest BCUT2D eigenvalue weighted by atomic mass is 10.1. The topological polar surface area (TPSA) is 78.0 Å². The Morgan fingerprint density at radius 3 is 2.56 bits per heavy atom. The van der Waals surface area contributed by atoms with Gasteiger partial charge in [-0.2, -0.15) is 0 Å². The van der Waals surface area contributed by atoms with Crippen LogP contribution in [0.15, 0.2) is 61.2 Å². The lowest BCUT2D eigenvalue weighted by Gasteiger charge is -2.12. The molecule has 0 radical (unpaired) electrons. The third kappa shape index (κ3) is 3.98. The van der Waals surface area contributed by atoms with Gasteiger partial charge in [0.25, 0.3) is 0 Å². The summed E-state index contributed by atoms with van der Waals surface area (Å²) in [5.74, 6) is 0.725. The van der Waals surface area contributed by atoms with E-state index in [0.717, 1.165) is 41.0 Å². The second-order valence-corrected chi connectivity index (χ2v) is 6.26. The van der Waals surface area contributed by atoms with Crippen molar-refractivity contribution in [1.82, 2.24) is 24.5 Å². The first-order chi connectivity index (χ1) is 13.3. The van der Waals surface area contributed by atoms with Crippen molar-refractivity contribution in [1.29, 1.82) is 0 Å². The number of hydrogen-bond acceptors (Lipinski definition) is 5. The van der Waals surface area contributed by atoms with Gasteiger partial charge in [-0.15, -0.1) is 15.0 Å². The predicted octanol–water partition coefficient (Wildman–Crippen LogP) is 2.62. The van der Waals surface area contributed by atoms with Crippen molar-refractivity contribution in [3.05, 3.63) is 66.7 Å². The van der Waals surface area contributed by atoms with Crippen molar-refractivity contribution in [2.45, 2.75) is 19.4 Å². The molecule has 0 fully saturated rings. The van der Waals surface area contributed by atoms with Crippen molar-refractivity contribution in [2.75, 3.05) is 13.2 Å². The van der Waals surface area contributed by atoms with Crippen molar-refractivity contribution < 1.29 is 9.84 Å². The van der Waals surface area contributed by atoms with Gasteiger partial charge in [-0.05, 0) is 42.7 Å². The van der Waals surface area contributed by atoms with Crippen LogP contribution in [0.25, 0.3) is 16.7 Å². The van der Waals surface area contributed by atoms with Gasteiger partial charge < -0.3 is 14.4 Å². The zero-order chi connectivity index (χ0) is 18.5. The minimum absolute atomic E-state index is 0.0963. The maximum Gasteiger partial charge on any atom is 0.146 e. The standard InChI is InChI=1S/C20H21N5O2/c26-12-8-16-6-7-20(27-13-3-10-24-11-9-21-15-24)19(14-16)25-22-17-4-1-2-5-18(17)23-25/h1-2,4-7,9,11,14-15,26H,3,8,10,12-13H2. The minimum Gasteiger partial charge on any atom is -0.491 e. The van der Waals surface area contributed by atoms with E-state index in [1.165, 1.54) is 0 Å². The first-order valence-electron chi connectivity index (χ1n) is 8.98. The van der Waals surface area contributed by atoms with Gasteiger partial charge in [0.05, 0.1) is 12.9 Å². The normalized spacial score (nSPS) is 11.1. The Hall–Kier alpha value is -3.19. The first-order valence-corrected chi connectivity index (χ1v) is 8.98. The second kappa shape index (κ2) is 8.01. The summed E-state index contributed by atoms with van der Waals surface area (Å²) in [4.78, 5) is 5.65. The SMILES string of the molecule is OCCc1ccc(OCCCn2ccnc2)c(-n2nc3ccccc3n2)c1. The molecule has 0 atom stereocenters. The third-order valence-corrected chi connectivity index (χ3v) is 4.30. The fourth-order valence-electron chi connectivity index (χ4n) is 2.94. The van der Waals surface area contributed by atoms with Gasteiger partial charge in [-0.3, -0.25) is 0 Å². The molecule has 7 nitrogen and oxygen atoms in total. The van der Waals surface area contributed by atoms with Crippen LogP contribution >= 0.6 is 0 Å². The average molecular weight is 363 g/mol. The summed E-state index contributed by atoms with van der Waals surface area (Å²) in [5.41, 5.74) is 3.45. The fraction of sp³-hybridized carbons (Fsp3) is 0.250. The summed E-state index contributed by atoms with van der Waals surface area (Å²) in [6.45, 7) is 1.52. The van der Waals surface area contributed by atoms with Crippen LogP contribution in [0.5, 0.6) is 5.75 Å². The number of nitrogens with zero attached hydrogens (tertiary/aromatic N) is 5. The Kier molecular flexibility index (Phi) is 5.11. The molecular formula is C20H21N5O2. The highest BCUT2D eigenvalue weighted by atomic mass is 16.5. The molecule has 1 N–H and O–H groups in total. The Morgan fingerprint density at radius 2 is 1.85 bits per heavy atom. The summed E-state index contributed by atoms with van der Waals surface area (Å²) < 4.78 is 8.05. The molecule has 0 spiro atoms. The number of aliphatic hydroxyl groups is 1. The van der Waals surface area contributed by atoms with E-state index in [0.29, 0.717) is 13.0 Å². The quantitative estimate of drug-likeness (QED) is 0.487. The lowest BCUT2D eigenvalue weighted by Crippen LogP contribution is -2.08. The molecule has 7 heteroatoms. The summed E-state index contributed by atoms with van der Waals surface area (Å²) in [6.07, 6.45) is 6.95. The molecule has 2 aromatic carbocycles. The number of aryl methyl sites for hydroxylation is 1. The second-order valence-electron chi connectivity index (χ2n) is 6.26. The number of imidazole rings is 1. The maximum absolute atomic E-state index is 9.25. The van der Waals surface area contributed by atoms with E-state index in [9.17, 15) is 5.11 Å². The van der Waals surface area contributed by atoms with Gasteiger partial charge in [0.2, 0.25) is 0 Å². The van der Waals surface area contributed by atoms with Gasteiger partial charge in [0, 0.05) is 25.5 Å². The van der Waals surface area contributed by atoms with Crippen LogP contribution in [0.2, 0.25) is 0 Å². The number of fused-ring (bicyclic) bond motifs is 1. The van der Waals surface area contributed by atoms with Gasteiger partial charge in [0.15, 0.2) is 0 Å². The number of aliphatic hydroxyl groups excluding tert-OH is 1. The van der Waals surface area contributed by atoms with Gasteiger partial charge in [0.1, 0.15) is 22.5 Å². The highest BCUT2D eigenvalue weighted by Gasteiger charge is 2.11. The molecule has 2 aromatic heterocycles. The smallest absolute Gasteiger partial charge is 0.146 e. The number of aromatic nitrogens is 5. The molecule has 0 saturated carbocycles. The van der Waals surface area contributed by atoms with Crippen LogP contribution in [-0.2, 0) is 13.0 Å². The molecule has 27 heavy (non-hydrogen) atoms. The fourth-order valence-corrected chi connectivity index (χ4v) is 2.94. The van der Waals surface area contributed by atoms with Crippen LogP contribution in [0.1, 0.15) is 12.0 Å². The summed E-state index contributed by atoms with van der Waals surface area (Å²) in [6, 6.07) is 13.6. The van der Waals surface area contributed by atoms with Gasteiger partial charge in [-0.1, -0.05) is 18.2 Å². The highest BCUT2D eigenvalue weighted by molar-refractivity contribution is 5.73. The molecule has 0 amide bonds. The van der Waals surface area contributed by atoms with E-state index in [1.807, 2.05) is 53.2 Å². The number of rotatable bonds is 8. The molecule has 4 rings (SSSR count). The van der Waals surface area contributed by atoms with Crippen LogP contribution in [0.3, 0.4) is 0 Å². The Balaban J connectivity index is 1.56. The molecule has 0 aliphatic heterocycles. The zero-order valence-corrected chi connectivity index (χ0v) is 14.9. The average Bonchev–Trinajstić information content (AvgIpc) is 3.35. The molecule has 4 aromatic rings. The maximum atomic E-state index is 9.25. The van der Waals surface area contributed by atoms with Crippen molar-refractivity contribution in [2.24, 2.45) is 0 Å². The van der Waals surface area contributed by atoms with Crippen molar-refractivity contribution in [3.63, 3.8) is 0 Å². The Bertz CT molecular complexity index is 977. The summed E-state index contributed by atoms with van der Waals surface area (Å²) in [7, 11) is 0. The van der Waals surface area contributed by atoms with Crippen LogP contribution in [-0.4, -0.2) is 42.9 Å². The monoisotopic (exact) mass is 363 g/mol. The van der Waals surface area contributed by atoms with Gasteiger partial charge >= 0.3 is 0 Å². The first kappa shape index (κ1) is 17.2. The molecule has 0 unspecified atom stereocenters. The van der Waals surface area contributed by atoms with E-state index >= 15 is 0 Å². The molecule has 0 aliphatic carbocycles. The third-order valence-electron chi connectivity index (χ3n) is 4.30. The Morgan fingerprint density at radius 1 is 1.04 bits per heavy atom. The van der Waals surface area contributed by atoms with Crippen LogP contribution in [0, 0.1) is 0 Å². The van der Waals surface area contributed by atoms with E-state index in [1.54, 1.807) is 17.3 Å². The summed E-state index contributed by atoms with van der Waals surface area (Å²) in [5, 5.41) is 18.4. The lowest BCUT2D eigenvalue weighted by molar-refractivity contribution is 0.296. The number of hydrogen-bond donors (Lipinski definition) is 1. The van der Waals surface area contributed by atoms with E-state index < -0.39 is 0 Å². The minimum atomic E-state index is 0.0963. The molecule has 2 heterocycles. The van der Waals surface area contributed by atoms with Crippen molar-refractivity contribution >= 4 is 11.0 Å². The number of benzene rings is 2. The van der Waals surface area contributed by atoms with E-state index in [4.69, 9.17) is 4.74 Å². The highest BCUT2D eigenvalue weighted by Crippen LogP contribution is 2.25. The zero-order valence-electron chi connectivity index (χ0n) is 14.9. The predicted molar refractivity (Wildman–Crippen MR) is 102 cm³/mol. The van der Waals surface area contributed by atoms with Crippen LogP contribution in [0.4, 0.5) is 0 Å². The van der Waals surface area contributed by atoms with Gasteiger partial charge in [-0.25, -0.2) is 4.98 Å². The molecule has 0 aliphatic rings. The molecule has 0 saturated heterocycles.